The van der Waals surface area contributed by atoms with E-state index in [-0.39, 0.29) is 11.1 Å². The predicted octanol–water partition coefficient (Wildman–Crippen LogP) is 1.32. The minimum Gasteiger partial charge on any atom is -0.325 e. The summed E-state index contributed by atoms with van der Waals surface area (Å²) in [6, 6.07) is 0.495. The molecular formula is C14H30N3+. The number of piperidine rings is 3. The third-order valence-electron chi connectivity index (χ3n) is 5.16. The van der Waals surface area contributed by atoms with Gasteiger partial charge in [-0.1, -0.05) is 0 Å². The number of quaternary nitrogens is 1. The molecule has 3 fully saturated rings. The summed E-state index contributed by atoms with van der Waals surface area (Å²) in [5.74, 6) is 1.33. The summed E-state index contributed by atoms with van der Waals surface area (Å²) in [4.78, 5) is 0. The predicted molar refractivity (Wildman–Crippen MR) is 72.5 cm³/mol. The molecule has 3 saturated heterocycles. The van der Waals surface area contributed by atoms with Crippen molar-refractivity contribution in [3.63, 3.8) is 0 Å². The highest BCUT2D eigenvalue weighted by Gasteiger charge is 2.59. The molecule has 3 aliphatic heterocycles. The number of likely N-dealkylation sites (N-methyl/N-ethyl adjacent to an activating group) is 1. The van der Waals surface area contributed by atoms with E-state index in [4.69, 9.17) is 11.5 Å². The Morgan fingerprint density at radius 1 is 0.941 bits per heavy atom. The molecule has 0 aliphatic carbocycles. The fourth-order valence-electron chi connectivity index (χ4n) is 4.74. The van der Waals surface area contributed by atoms with Crippen molar-refractivity contribution < 1.29 is 4.48 Å². The molecule has 0 aromatic rings. The van der Waals surface area contributed by atoms with Crippen LogP contribution in [-0.4, -0.2) is 41.7 Å². The second-order valence-electron chi connectivity index (χ2n) is 7.88. The van der Waals surface area contributed by atoms with Crippen LogP contribution >= 0.6 is 0 Å². The van der Waals surface area contributed by atoms with Gasteiger partial charge in [0.15, 0.2) is 0 Å². The van der Waals surface area contributed by atoms with E-state index in [2.05, 4.69) is 34.7 Å². The first-order valence-electron chi connectivity index (χ1n) is 6.98. The molecule has 17 heavy (non-hydrogen) atoms. The van der Waals surface area contributed by atoms with Gasteiger partial charge in [0.2, 0.25) is 0 Å². The first kappa shape index (κ1) is 13.3. The molecule has 3 aliphatic rings. The van der Waals surface area contributed by atoms with E-state index in [1.165, 1.54) is 25.9 Å². The van der Waals surface area contributed by atoms with Crippen LogP contribution in [0.25, 0.3) is 0 Å². The van der Waals surface area contributed by atoms with Gasteiger partial charge in [0.1, 0.15) is 6.04 Å². The number of fused-ring (bicyclic) bond motifs is 3. The highest BCUT2D eigenvalue weighted by atomic mass is 15.4. The minimum atomic E-state index is -0.144. The molecule has 3 heterocycles. The summed E-state index contributed by atoms with van der Waals surface area (Å²) in [5.41, 5.74) is 12.7. The normalized spacial score (nSPS) is 42.9. The van der Waals surface area contributed by atoms with Crippen molar-refractivity contribution in [3.8, 4) is 0 Å². The SMILES string of the molecule is CC(C)(N)C1C2CC[N+](C)(CC2)C1C(C)(C)N. The summed E-state index contributed by atoms with van der Waals surface area (Å²) < 4.78 is 1.13. The fraction of sp³-hybridized carbons (Fsp3) is 1.00. The van der Waals surface area contributed by atoms with E-state index < -0.39 is 0 Å². The largest absolute Gasteiger partial charge is 0.325 e. The van der Waals surface area contributed by atoms with E-state index >= 15 is 0 Å². The smallest absolute Gasteiger partial charge is 0.111 e. The Bertz CT molecular complexity index is 290. The monoisotopic (exact) mass is 240 g/mol. The van der Waals surface area contributed by atoms with Gasteiger partial charge in [0.25, 0.3) is 0 Å². The third-order valence-corrected chi connectivity index (χ3v) is 5.16. The summed E-state index contributed by atoms with van der Waals surface area (Å²) in [6.07, 6.45) is 2.66. The van der Waals surface area contributed by atoms with Crippen LogP contribution in [0.4, 0.5) is 0 Å². The van der Waals surface area contributed by atoms with E-state index in [1.54, 1.807) is 0 Å². The van der Waals surface area contributed by atoms with E-state index in [0.717, 1.165) is 10.4 Å². The van der Waals surface area contributed by atoms with Crippen molar-refractivity contribution >= 4 is 0 Å². The number of nitrogens with two attached hydrogens (primary N) is 2. The number of hydrogen-bond acceptors (Lipinski definition) is 2. The average molecular weight is 240 g/mol. The van der Waals surface area contributed by atoms with E-state index in [1.807, 2.05) is 0 Å². The van der Waals surface area contributed by atoms with Crippen LogP contribution in [0.2, 0.25) is 0 Å². The minimum absolute atomic E-state index is 0.119. The zero-order valence-corrected chi connectivity index (χ0v) is 12.2. The molecule has 3 nitrogen and oxygen atoms in total. The molecule has 4 N–H and O–H groups in total. The summed E-state index contributed by atoms with van der Waals surface area (Å²) >= 11 is 0. The van der Waals surface area contributed by atoms with Gasteiger partial charge < -0.3 is 16.0 Å². The highest BCUT2D eigenvalue weighted by molar-refractivity contribution is 5.03. The second kappa shape index (κ2) is 3.69. The fourth-order valence-corrected chi connectivity index (χ4v) is 4.74. The van der Waals surface area contributed by atoms with Gasteiger partial charge in [0.05, 0.1) is 25.7 Å². The zero-order chi connectivity index (χ0) is 13.1. The third kappa shape index (κ3) is 2.13. The highest BCUT2D eigenvalue weighted by Crippen LogP contribution is 2.48. The first-order chi connectivity index (χ1) is 7.56. The Labute approximate surface area is 106 Å². The van der Waals surface area contributed by atoms with E-state index in [0.29, 0.717) is 12.0 Å². The molecule has 3 heteroatoms. The number of hydrogen-bond donors (Lipinski definition) is 2. The summed E-state index contributed by atoms with van der Waals surface area (Å²) in [7, 11) is 2.38. The van der Waals surface area contributed by atoms with Crippen molar-refractivity contribution in [2.24, 2.45) is 23.3 Å². The van der Waals surface area contributed by atoms with Crippen LogP contribution in [0.15, 0.2) is 0 Å². The number of nitrogens with zero attached hydrogens (tertiary/aromatic N) is 1. The van der Waals surface area contributed by atoms with Gasteiger partial charge in [-0.15, -0.1) is 0 Å². The van der Waals surface area contributed by atoms with Crippen LogP contribution in [0, 0.1) is 11.8 Å². The van der Waals surface area contributed by atoms with Crippen LogP contribution in [0.1, 0.15) is 40.5 Å². The van der Waals surface area contributed by atoms with Crippen molar-refractivity contribution in [1.82, 2.24) is 0 Å². The average Bonchev–Trinajstić information content (AvgIpc) is 2.13. The Morgan fingerprint density at radius 2 is 1.41 bits per heavy atom. The lowest BCUT2D eigenvalue weighted by Crippen LogP contribution is -2.77. The summed E-state index contributed by atoms with van der Waals surface area (Å²) in [6.45, 7) is 11.3. The standard InChI is InChI=1S/C14H30N3/c1-13(2,15)11-10-6-8-17(5,9-7-10)12(11)14(3,4)16/h10-12H,6-9,15-16H2,1-5H3/q+1. The Balaban J connectivity index is 2.42. The van der Waals surface area contributed by atoms with Crippen LogP contribution in [-0.2, 0) is 0 Å². The molecule has 2 bridgehead atoms. The van der Waals surface area contributed by atoms with Gasteiger partial charge in [-0.25, -0.2) is 0 Å². The molecule has 2 atom stereocenters. The van der Waals surface area contributed by atoms with Gasteiger partial charge in [-0.05, 0) is 33.6 Å². The molecule has 100 valence electrons. The topological polar surface area (TPSA) is 52.0 Å². The van der Waals surface area contributed by atoms with Gasteiger partial charge in [-0.3, -0.25) is 0 Å². The molecular weight excluding hydrogens is 210 g/mol. The molecule has 0 spiro atoms. The van der Waals surface area contributed by atoms with Gasteiger partial charge in [-0.2, -0.15) is 0 Å². The lowest BCUT2D eigenvalue weighted by molar-refractivity contribution is -0.958. The van der Waals surface area contributed by atoms with Crippen molar-refractivity contribution in [3.05, 3.63) is 0 Å². The molecule has 0 radical (unpaired) electrons. The maximum Gasteiger partial charge on any atom is 0.111 e. The maximum absolute atomic E-state index is 6.50. The molecule has 0 saturated carbocycles. The maximum atomic E-state index is 6.50. The van der Waals surface area contributed by atoms with Gasteiger partial charge in [0, 0.05) is 24.3 Å². The van der Waals surface area contributed by atoms with Crippen molar-refractivity contribution in [2.75, 3.05) is 20.1 Å². The number of rotatable bonds is 2. The second-order valence-corrected chi connectivity index (χ2v) is 7.88. The Morgan fingerprint density at radius 3 is 1.71 bits per heavy atom. The molecule has 0 aromatic heterocycles. The lowest BCUT2D eigenvalue weighted by atomic mass is 9.60. The molecule has 0 aromatic carbocycles. The Kier molecular flexibility index (Phi) is 2.89. The van der Waals surface area contributed by atoms with Crippen molar-refractivity contribution in [2.45, 2.75) is 57.7 Å². The molecule has 2 unspecified atom stereocenters. The lowest BCUT2D eigenvalue weighted by Gasteiger charge is -2.62. The summed E-state index contributed by atoms with van der Waals surface area (Å²) in [5, 5.41) is 0. The zero-order valence-electron chi connectivity index (χ0n) is 12.2. The van der Waals surface area contributed by atoms with Crippen molar-refractivity contribution in [1.29, 1.82) is 0 Å². The Hall–Kier alpha value is -0.120. The first-order valence-corrected chi connectivity index (χ1v) is 6.98. The molecule has 3 rings (SSSR count). The van der Waals surface area contributed by atoms with E-state index in [9.17, 15) is 0 Å². The molecule has 0 amide bonds. The van der Waals surface area contributed by atoms with Crippen LogP contribution in [0.3, 0.4) is 0 Å². The van der Waals surface area contributed by atoms with Gasteiger partial charge >= 0.3 is 0 Å². The van der Waals surface area contributed by atoms with Crippen LogP contribution in [0.5, 0.6) is 0 Å². The quantitative estimate of drug-likeness (QED) is 0.715. The van der Waals surface area contributed by atoms with Crippen LogP contribution < -0.4 is 11.5 Å².